The minimum absolute atomic E-state index is 0.0142. The summed E-state index contributed by atoms with van der Waals surface area (Å²) in [7, 11) is 0. The Bertz CT molecular complexity index is 1160. The minimum atomic E-state index is -1.19. The topological polar surface area (TPSA) is 123 Å². The number of nitrogens with one attached hydrogen (secondary N) is 1. The number of carbonyl (C=O) groups excluding carboxylic acids is 1. The molecule has 1 heterocycles. The molecule has 1 aromatic heterocycles. The molecule has 0 radical (unpaired) electrons. The Morgan fingerprint density at radius 1 is 1.10 bits per heavy atom. The number of amides is 1. The number of carboxylic acids is 1. The van der Waals surface area contributed by atoms with Gasteiger partial charge in [-0.05, 0) is 37.5 Å². The van der Waals surface area contributed by atoms with Crippen LogP contribution in [0.3, 0.4) is 0 Å². The summed E-state index contributed by atoms with van der Waals surface area (Å²) in [6.45, 7) is 2.79. The third-order valence-electron chi connectivity index (χ3n) is 4.88. The van der Waals surface area contributed by atoms with Crippen LogP contribution < -0.4 is 5.32 Å². The van der Waals surface area contributed by atoms with E-state index >= 15 is 0 Å². The van der Waals surface area contributed by atoms with Crippen LogP contribution in [0.4, 0.5) is 0 Å². The number of fused-ring (bicyclic) bond motifs is 1. The Kier molecular flexibility index (Phi) is 5.70. The number of rotatable bonds is 6. The summed E-state index contributed by atoms with van der Waals surface area (Å²) in [5.74, 6) is -2.16. The second-order valence-corrected chi connectivity index (χ2v) is 7.68. The molecule has 0 bridgehead atoms. The molecular weight excluding hydrogens is 382 g/mol. The molecule has 30 heavy (non-hydrogen) atoms. The van der Waals surface area contributed by atoms with E-state index < -0.39 is 17.3 Å². The number of aliphatic carboxylic acids is 1. The standard InChI is InChI=1S/C23H21N3O4/c1-23(2,22(29)30)13-25-21(28)19-20(27)16-9-8-15(10-14-6-4-3-5-7-14)11-17(16)18(12-24)26-19/h3-9,11,27H,10,13H2,1-2H3,(H,25,28)(H,29,30). The van der Waals surface area contributed by atoms with Gasteiger partial charge in [-0.1, -0.05) is 42.5 Å². The van der Waals surface area contributed by atoms with Crippen LogP contribution >= 0.6 is 0 Å². The van der Waals surface area contributed by atoms with Crippen molar-refractivity contribution in [2.45, 2.75) is 20.3 Å². The number of aromatic nitrogens is 1. The van der Waals surface area contributed by atoms with Crippen LogP contribution in [-0.4, -0.2) is 33.6 Å². The predicted octanol–water partition coefficient (Wildman–Crippen LogP) is 3.24. The van der Waals surface area contributed by atoms with Crippen LogP contribution in [0, 0.1) is 16.7 Å². The lowest BCUT2D eigenvalue weighted by atomic mass is 9.94. The van der Waals surface area contributed by atoms with E-state index in [0.29, 0.717) is 17.2 Å². The van der Waals surface area contributed by atoms with Gasteiger partial charge in [-0.15, -0.1) is 0 Å². The molecule has 0 aliphatic rings. The van der Waals surface area contributed by atoms with Gasteiger partial charge in [0.1, 0.15) is 11.8 Å². The van der Waals surface area contributed by atoms with E-state index in [-0.39, 0.29) is 23.7 Å². The highest BCUT2D eigenvalue weighted by Crippen LogP contribution is 2.31. The first-order chi connectivity index (χ1) is 14.2. The number of carboxylic acid groups (broad SMARTS) is 1. The van der Waals surface area contributed by atoms with Gasteiger partial charge in [0.05, 0.1) is 5.41 Å². The van der Waals surface area contributed by atoms with Gasteiger partial charge in [-0.3, -0.25) is 9.59 Å². The van der Waals surface area contributed by atoms with Crippen LogP contribution in [0.25, 0.3) is 10.8 Å². The van der Waals surface area contributed by atoms with E-state index in [1.807, 2.05) is 42.5 Å². The molecule has 0 saturated carbocycles. The van der Waals surface area contributed by atoms with Crippen molar-refractivity contribution >= 4 is 22.6 Å². The second kappa shape index (κ2) is 8.21. The molecule has 0 spiro atoms. The molecular formula is C23H21N3O4. The van der Waals surface area contributed by atoms with Crippen molar-refractivity contribution in [2.75, 3.05) is 6.54 Å². The largest absolute Gasteiger partial charge is 0.505 e. The number of carbonyl (C=O) groups is 2. The minimum Gasteiger partial charge on any atom is -0.505 e. The summed E-state index contributed by atoms with van der Waals surface area (Å²) in [6.07, 6.45) is 0.648. The van der Waals surface area contributed by atoms with Crippen LogP contribution in [-0.2, 0) is 11.2 Å². The van der Waals surface area contributed by atoms with E-state index in [0.717, 1.165) is 11.1 Å². The van der Waals surface area contributed by atoms with Crippen molar-refractivity contribution in [3.63, 3.8) is 0 Å². The molecule has 0 unspecified atom stereocenters. The van der Waals surface area contributed by atoms with Crippen LogP contribution in [0.2, 0.25) is 0 Å². The highest BCUT2D eigenvalue weighted by Gasteiger charge is 2.29. The fourth-order valence-corrected chi connectivity index (χ4v) is 2.99. The van der Waals surface area contributed by atoms with Gasteiger partial charge in [-0.25, -0.2) is 4.98 Å². The van der Waals surface area contributed by atoms with Crippen molar-refractivity contribution in [3.05, 3.63) is 71.0 Å². The van der Waals surface area contributed by atoms with E-state index in [2.05, 4.69) is 10.3 Å². The molecule has 0 fully saturated rings. The van der Waals surface area contributed by atoms with Crippen molar-refractivity contribution in [3.8, 4) is 11.8 Å². The van der Waals surface area contributed by atoms with E-state index in [4.69, 9.17) is 0 Å². The van der Waals surface area contributed by atoms with Gasteiger partial charge in [0, 0.05) is 17.3 Å². The molecule has 3 rings (SSSR count). The lowest BCUT2D eigenvalue weighted by Crippen LogP contribution is -2.39. The zero-order valence-corrected chi connectivity index (χ0v) is 16.6. The predicted molar refractivity (Wildman–Crippen MR) is 111 cm³/mol. The maximum Gasteiger partial charge on any atom is 0.310 e. The number of hydrogen-bond donors (Lipinski definition) is 3. The number of aromatic hydroxyl groups is 1. The van der Waals surface area contributed by atoms with Crippen molar-refractivity contribution in [1.82, 2.24) is 10.3 Å². The fourth-order valence-electron chi connectivity index (χ4n) is 2.99. The van der Waals surface area contributed by atoms with Gasteiger partial charge in [-0.2, -0.15) is 5.26 Å². The summed E-state index contributed by atoms with van der Waals surface area (Å²) in [5, 5.41) is 32.6. The first-order valence-electron chi connectivity index (χ1n) is 9.34. The molecule has 1 amide bonds. The van der Waals surface area contributed by atoms with Gasteiger partial charge in [0.15, 0.2) is 11.4 Å². The lowest BCUT2D eigenvalue weighted by molar-refractivity contribution is -0.146. The highest BCUT2D eigenvalue weighted by atomic mass is 16.4. The first-order valence-corrected chi connectivity index (χ1v) is 9.34. The summed E-state index contributed by atoms with van der Waals surface area (Å²) in [4.78, 5) is 27.8. The monoisotopic (exact) mass is 403 g/mol. The zero-order chi connectivity index (χ0) is 21.9. The zero-order valence-electron chi connectivity index (χ0n) is 16.6. The van der Waals surface area contributed by atoms with Crippen molar-refractivity contribution in [1.29, 1.82) is 5.26 Å². The van der Waals surface area contributed by atoms with Crippen LogP contribution in [0.1, 0.15) is 41.2 Å². The second-order valence-electron chi connectivity index (χ2n) is 7.68. The van der Waals surface area contributed by atoms with Gasteiger partial charge < -0.3 is 15.5 Å². The summed E-state index contributed by atoms with van der Waals surface area (Å²) < 4.78 is 0. The number of nitriles is 1. The number of nitrogens with zero attached hydrogens (tertiary/aromatic N) is 2. The number of benzene rings is 2. The molecule has 3 N–H and O–H groups in total. The quantitative estimate of drug-likeness (QED) is 0.580. The molecule has 0 atom stereocenters. The average molecular weight is 403 g/mol. The molecule has 0 aliphatic heterocycles. The smallest absolute Gasteiger partial charge is 0.310 e. The Morgan fingerprint density at radius 2 is 1.80 bits per heavy atom. The summed E-state index contributed by atoms with van der Waals surface area (Å²) in [6, 6.07) is 17.1. The lowest BCUT2D eigenvalue weighted by Gasteiger charge is -2.19. The maximum absolute atomic E-state index is 12.5. The van der Waals surface area contributed by atoms with E-state index in [1.165, 1.54) is 13.8 Å². The Balaban J connectivity index is 1.96. The molecule has 0 aliphatic carbocycles. The Morgan fingerprint density at radius 3 is 2.43 bits per heavy atom. The summed E-state index contributed by atoms with van der Waals surface area (Å²) >= 11 is 0. The number of pyridine rings is 1. The molecule has 3 aromatic rings. The van der Waals surface area contributed by atoms with Gasteiger partial charge in [0.25, 0.3) is 5.91 Å². The van der Waals surface area contributed by atoms with Crippen LogP contribution in [0.5, 0.6) is 5.75 Å². The summed E-state index contributed by atoms with van der Waals surface area (Å²) in [5.41, 5.74) is 0.555. The van der Waals surface area contributed by atoms with Crippen LogP contribution in [0.15, 0.2) is 48.5 Å². The van der Waals surface area contributed by atoms with Crippen molar-refractivity contribution in [2.24, 2.45) is 5.41 Å². The van der Waals surface area contributed by atoms with Gasteiger partial charge >= 0.3 is 5.97 Å². The SMILES string of the molecule is CC(C)(CNC(=O)c1nc(C#N)c2cc(Cc3ccccc3)ccc2c1O)C(=O)O. The molecule has 2 aromatic carbocycles. The van der Waals surface area contributed by atoms with E-state index in [1.54, 1.807) is 12.1 Å². The van der Waals surface area contributed by atoms with Crippen molar-refractivity contribution < 1.29 is 19.8 Å². The average Bonchev–Trinajstić information content (AvgIpc) is 2.73. The molecule has 7 nitrogen and oxygen atoms in total. The molecule has 152 valence electrons. The molecule has 0 saturated heterocycles. The fraction of sp³-hybridized carbons (Fsp3) is 0.217. The van der Waals surface area contributed by atoms with Gasteiger partial charge in [0.2, 0.25) is 0 Å². The van der Waals surface area contributed by atoms with E-state index in [9.17, 15) is 25.1 Å². The maximum atomic E-state index is 12.5. The first kappa shape index (κ1) is 20.8. The normalized spacial score (nSPS) is 11.1. The third kappa shape index (κ3) is 4.23. The molecule has 7 heteroatoms. The number of hydrogen-bond acceptors (Lipinski definition) is 5. The Hall–Kier alpha value is -3.92. The third-order valence-corrected chi connectivity index (χ3v) is 4.88. The Labute approximate surface area is 173 Å². The highest BCUT2D eigenvalue weighted by molar-refractivity contribution is 6.03.